The van der Waals surface area contributed by atoms with Crippen LogP contribution in [0.15, 0.2) is 30.5 Å². The summed E-state index contributed by atoms with van der Waals surface area (Å²) in [7, 11) is 0. The van der Waals surface area contributed by atoms with Gasteiger partial charge in [-0.1, -0.05) is 29.3 Å². The van der Waals surface area contributed by atoms with E-state index in [-0.39, 0.29) is 22.5 Å². The Balaban J connectivity index is 1.87. The van der Waals surface area contributed by atoms with Crippen molar-refractivity contribution in [2.75, 3.05) is 0 Å². The molecule has 2 aromatic heterocycles. The average molecular weight is 433 g/mol. The highest BCUT2D eigenvalue weighted by molar-refractivity contribution is 6.34. The number of aliphatic hydroxyl groups is 1. The van der Waals surface area contributed by atoms with Crippen LogP contribution in [0.3, 0.4) is 0 Å². The molecule has 0 saturated heterocycles. The number of aliphatic hydroxyl groups excluding tert-OH is 1. The van der Waals surface area contributed by atoms with E-state index in [1.54, 1.807) is 29.1 Å². The molecular formula is C19H18Cl2N6O2. The number of nitriles is 1. The van der Waals surface area contributed by atoms with E-state index in [1.807, 2.05) is 19.1 Å². The van der Waals surface area contributed by atoms with Crippen LogP contribution in [0.2, 0.25) is 10.0 Å². The molecule has 3 rings (SSSR count). The summed E-state index contributed by atoms with van der Waals surface area (Å²) in [6.07, 6.45) is 0.842. The highest BCUT2D eigenvalue weighted by Gasteiger charge is 2.25. The predicted molar refractivity (Wildman–Crippen MR) is 108 cm³/mol. The normalized spacial score (nSPS) is 13.1. The van der Waals surface area contributed by atoms with E-state index in [4.69, 9.17) is 34.2 Å². The second-order valence-corrected chi connectivity index (χ2v) is 7.40. The summed E-state index contributed by atoms with van der Waals surface area (Å²) in [4.78, 5) is 11.8. The molecule has 150 valence electrons. The van der Waals surface area contributed by atoms with Crippen LogP contribution in [0.4, 0.5) is 0 Å². The Labute approximate surface area is 177 Å². The van der Waals surface area contributed by atoms with E-state index in [0.29, 0.717) is 22.8 Å². The number of benzene rings is 1. The summed E-state index contributed by atoms with van der Waals surface area (Å²) in [6, 6.07) is 8.61. The number of nitrogens with zero attached hydrogens (tertiary/aromatic N) is 5. The lowest BCUT2D eigenvalue weighted by Crippen LogP contribution is -2.23. The second kappa shape index (κ2) is 8.25. The number of nitrogens with two attached hydrogens (primary N) is 1. The van der Waals surface area contributed by atoms with Crippen LogP contribution in [-0.4, -0.2) is 30.6 Å². The van der Waals surface area contributed by atoms with Gasteiger partial charge < -0.3 is 10.8 Å². The third-order valence-electron chi connectivity index (χ3n) is 4.40. The van der Waals surface area contributed by atoms with E-state index >= 15 is 0 Å². The van der Waals surface area contributed by atoms with Gasteiger partial charge in [-0.05, 0) is 32.0 Å². The molecule has 0 aliphatic heterocycles. The van der Waals surface area contributed by atoms with Crippen molar-refractivity contribution in [1.82, 2.24) is 19.6 Å². The number of amides is 1. The molecule has 0 fully saturated rings. The van der Waals surface area contributed by atoms with Gasteiger partial charge in [-0.25, -0.2) is 0 Å². The molecule has 3 aromatic rings. The van der Waals surface area contributed by atoms with Gasteiger partial charge in [-0.2, -0.15) is 15.5 Å². The second-order valence-electron chi connectivity index (χ2n) is 6.61. The predicted octanol–water partition coefficient (Wildman–Crippen LogP) is 3.34. The third kappa shape index (κ3) is 4.12. The molecule has 1 aromatic carbocycles. The summed E-state index contributed by atoms with van der Waals surface area (Å²) in [5.41, 5.74) is 7.54. The Morgan fingerprint density at radius 2 is 2.03 bits per heavy atom. The zero-order chi connectivity index (χ0) is 21.3. The zero-order valence-electron chi connectivity index (χ0n) is 15.7. The summed E-state index contributed by atoms with van der Waals surface area (Å²) >= 11 is 12.3. The Morgan fingerprint density at radius 3 is 2.62 bits per heavy atom. The van der Waals surface area contributed by atoms with Gasteiger partial charge in [0, 0.05) is 11.8 Å². The SMILES string of the molecule is CC(O)c1nn([C@@H](C)Cn2ccc(-c3ccc(C#N)c(Cl)c3)n2)c(C(N)=O)c1Cl. The van der Waals surface area contributed by atoms with Crippen LogP contribution in [0.25, 0.3) is 11.3 Å². The maximum atomic E-state index is 11.8. The standard InChI is InChI=1S/C19H18Cl2N6O2/c1-10(27-18(19(23)29)16(21)17(25-27)11(2)28)9-26-6-5-15(24-26)12-3-4-13(8-22)14(20)7-12/h3-7,10-11,28H,9H2,1-2H3,(H2,23,29)/t10-,11?/m0/s1. The first-order valence-electron chi connectivity index (χ1n) is 8.72. The van der Waals surface area contributed by atoms with Gasteiger partial charge >= 0.3 is 0 Å². The first-order chi connectivity index (χ1) is 13.7. The summed E-state index contributed by atoms with van der Waals surface area (Å²) in [5, 5.41) is 28.0. The van der Waals surface area contributed by atoms with Crippen molar-refractivity contribution in [2.24, 2.45) is 5.73 Å². The highest BCUT2D eigenvalue weighted by atomic mass is 35.5. The molecule has 0 saturated carbocycles. The van der Waals surface area contributed by atoms with Crippen LogP contribution in [-0.2, 0) is 6.54 Å². The molecule has 8 nitrogen and oxygen atoms in total. The molecule has 29 heavy (non-hydrogen) atoms. The molecule has 1 amide bonds. The van der Waals surface area contributed by atoms with E-state index < -0.39 is 12.0 Å². The van der Waals surface area contributed by atoms with Crippen molar-refractivity contribution in [3.63, 3.8) is 0 Å². The lowest BCUT2D eigenvalue weighted by atomic mass is 10.1. The summed E-state index contributed by atoms with van der Waals surface area (Å²) in [5.74, 6) is -0.727. The number of hydrogen-bond acceptors (Lipinski definition) is 5. The van der Waals surface area contributed by atoms with Crippen molar-refractivity contribution in [1.29, 1.82) is 5.26 Å². The van der Waals surface area contributed by atoms with Crippen LogP contribution in [0.5, 0.6) is 0 Å². The highest BCUT2D eigenvalue weighted by Crippen LogP contribution is 2.29. The van der Waals surface area contributed by atoms with E-state index in [1.165, 1.54) is 11.6 Å². The largest absolute Gasteiger partial charge is 0.387 e. The number of halogens is 2. The Kier molecular flexibility index (Phi) is 5.94. The van der Waals surface area contributed by atoms with Gasteiger partial charge in [0.25, 0.3) is 5.91 Å². The molecule has 1 unspecified atom stereocenters. The molecule has 2 atom stereocenters. The molecule has 3 N–H and O–H groups in total. The maximum Gasteiger partial charge on any atom is 0.268 e. The number of aromatic nitrogens is 4. The molecule has 0 aliphatic rings. The average Bonchev–Trinajstić information content (AvgIpc) is 3.26. The van der Waals surface area contributed by atoms with E-state index in [0.717, 1.165) is 5.56 Å². The molecule has 10 heteroatoms. The smallest absolute Gasteiger partial charge is 0.268 e. The quantitative estimate of drug-likeness (QED) is 0.617. The number of hydrogen-bond donors (Lipinski definition) is 2. The van der Waals surface area contributed by atoms with Crippen molar-refractivity contribution in [2.45, 2.75) is 32.5 Å². The lowest BCUT2D eigenvalue weighted by Gasteiger charge is -2.14. The van der Waals surface area contributed by atoms with Crippen molar-refractivity contribution in [3.05, 3.63) is 57.5 Å². The minimum atomic E-state index is -0.938. The molecular weight excluding hydrogens is 415 g/mol. The van der Waals surface area contributed by atoms with Gasteiger partial charge in [-0.15, -0.1) is 0 Å². The van der Waals surface area contributed by atoms with Gasteiger partial charge in [0.2, 0.25) is 0 Å². The number of rotatable bonds is 6. The minimum absolute atomic E-state index is 0.0429. The van der Waals surface area contributed by atoms with Crippen LogP contribution in [0, 0.1) is 11.3 Å². The third-order valence-corrected chi connectivity index (χ3v) is 5.09. The first kappa shape index (κ1) is 20.9. The van der Waals surface area contributed by atoms with Crippen molar-refractivity contribution >= 4 is 29.1 Å². The molecule has 0 radical (unpaired) electrons. The van der Waals surface area contributed by atoms with Gasteiger partial charge in [0.15, 0.2) is 0 Å². The molecule has 0 spiro atoms. The number of carbonyl (C=O) groups is 1. The van der Waals surface area contributed by atoms with Crippen LogP contribution in [0.1, 0.15) is 47.7 Å². The van der Waals surface area contributed by atoms with Crippen LogP contribution < -0.4 is 5.73 Å². The fourth-order valence-corrected chi connectivity index (χ4v) is 3.57. The zero-order valence-corrected chi connectivity index (χ0v) is 17.2. The fraction of sp³-hybridized carbons (Fsp3) is 0.263. The Morgan fingerprint density at radius 1 is 1.31 bits per heavy atom. The molecule has 0 bridgehead atoms. The monoisotopic (exact) mass is 432 g/mol. The summed E-state index contributed by atoms with van der Waals surface area (Å²) in [6.45, 7) is 3.72. The molecule has 2 heterocycles. The first-order valence-corrected chi connectivity index (χ1v) is 9.47. The lowest BCUT2D eigenvalue weighted by molar-refractivity contribution is 0.0987. The van der Waals surface area contributed by atoms with E-state index in [9.17, 15) is 9.90 Å². The molecule has 0 aliphatic carbocycles. The van der Waals surface area contributed by atoms with Crippen LogP contribution >= 0.6 is 23.2 Å². The Hall–Kier alpha value is -2.86. The van der Waals surface area contributed by atoms with Gasteiger partial charge in [0.05, 0.1) is 40.0 Å². The minimum Gasteiger partial charge on any atom is -0.387 e. The van der Waals surface area contributed by atoms with Gasteiger partial charge in [-0.3, -0.25) is 14.2 Å². The number of carbonyl (C=O) groups excluding carboxylic acids is 1. The van der Waals surface area contributed by atoms with E-state index in [2.05, 4.69) is 10.2 Å². The fourth-order valence-electron chi connectivity index (χ4n) is 2.97. The maximum absolute atomic E-state index is 11.8. The van der Waals surface area contributed by atoms with Crippen molar-refractivity contribution in [3.8, 4) is 17.3 Å². The number of primary amides is 1. The summed E-state index contributed by atoms with van der Waals surface area (Å²) < 4.78 is 3.10. The Bertz CT molecular complexity index is 1110. The van der Waals surface area contributed by atoms with Gasteiger partial charge in [0.1, 0.15) is 17.5 Å². The topological polar surface area (TPSA) is 123 Å². The van der Waals surface area contributed by atoms with Crippen molar-refractivity contribution < 1.29 is 9.90 Å².